The lowest BCUT2D eigenvalue weighted by Crippen LogP contribution is -2.38. The minimum absolute atomic E-state index is 0.213. The highest BCUT2D eigenvalue weighted by molar-refractivity contribution is 7.39. The number of rotatable bonds is 11. The molecule has 5 rings (SSSR count). The smallest absolute Gasteiger partial charge is 0.391 e. The molecule has 3 aromatic carbocycles. The van der Waals surface area contributed by atoms with Crippen LogP contribution in [0.5, 0.6) is 23.0 Å². The number of ether oxygens (including phenoxy) is 3. The van der Waals surface area contributed by atoms with E-state index < -0.39 is 14.7 Å². The Hall–Kier alpha value is -3.13. The molecule has 1 saturated heterocycles. The molecule has 0 aromatic heterocycles. The Bertz CT molecular complexity index is 1290. The summed E-state index contributed by atoms with van der Waals surface area (Å²) in [5.41, 5.74) is 5.12. The molecule has 0 bridgehead atoms. The maximum absolute atomic E-state index is 10.5. The minimum atomic E-state index is -2.49. The molecule has 2 heterocycles. The van der Waals surface area contributed by atoms with Crippen molar-refractivity contribution < 1.29 is 33.6 Å². The predicted molar refractivity (Wildman–Crippen MR) is 155 cm³/mol. The van der Waals surface area contributed by atoms with Gasteiger partial charge in [-0.2, -0.15) is 0 Å². The molecular weight excluding hydrogens is 529 g/mol. The number of aliphatic hydroxyl groups is 1. The fraction of sp³-hybridized carbons (Fsp3) is 0.355. The molecule has 1 fully saturated rings. The first-order valence-electron chi connectivity index (χ1n) is 13.7. The largest absolute Gasteiger partial charge is 0.491 e. The molecule has 0 aliphatic carbocycles. The molecule has 8 nitrogen and oxygen atoms in total. The van der Waals surface area contributed by atoms with Crippen LogP contribution in [-0.2, 0) is 0 Å². The van der Waals surface area contributed by atoms with Gasteiger partial charge < -0.3 is 38.5 Å². The van der Waals surface area contributed by atoms with Crippen LogP contribution in [0.2, 0.25) is 0 Å². The van der Waals surface area contributed by atoms with E-state index in [1.54, 1.807) is 12.1 Å². The number of β-amino-alcohol motifs (C(OH)–C–C–N with tert-alkyl or cyclic N) is 1. The van der Waals surface area contributed by atoms with Crippen molar-refractivity contribution in [2.75, 3.05) is 33.0 Å². The monoisotopic (exact) mass is 565 g/mol. The van der Waals surface area contributed by atoms with E-state index in [1.807, 2.05) is 54.6 Å². The molecule has 1 unspecified atom stereocenters. The van der Waals surface area contributed by atoms with Gasteiger partial charge in [0.2, 0.25) is 6.79 Å². The molecular formula is C31H36NO7P. The highest BCUT2D eigenvalue weighted by Gasteiger charge is 2.19. The van der Waals surface area contributed by atoms with Crippen molar-refractivity contribution >= 4 is 19.7 Å². The van der Waals surface area contributed by atoms with Crippen LogP contribution >= 0.6 is 8.60 Å². The summed E-state index contributed by atoms with van der Waals surface area (Å²) < 4.78 is 22.2. The van der Waals surface area contributed by atoms with Gasteiger partial charge in [0, 0.05) is 6.54 Å². The van der Waals surface area contributed by atoms with Gasteiger partial charge in [-0.3, -0.25) is 0 Å². The fourth-order valence-electron chi connectivity index (χ4n) is 5.30. The second-order valence-corrected chi connectivity index (χ2v) is 10.7. The van der Waals surface area contributed by atoms with Gasteiger partial charge in [0.25, 0.3) is 0 Å². The van der Waals surface area contributed by atoms with Gasteiger partial charge in [0.15, 0.2) is 11.5 Å². The Kier molecular flexibility index (Phi) is 9.57. The number of benzene rings is 3. The van der Waals surface area contributed by atoms with Crippen LogP contribution in [0.3, 0.4) is 0 Å². The van der Waals surface area contributed by atoms with Crippen molar-refractivity contribution in [1.82, 2.24) is 4.90 Å². The summed E-state index contributed by atoms with van der Waals surface area (Å²) in [6.07, 6.45) is 3.87. The topological polar surface area (TPSA) is 101 Å². The van der Waals surface area contributed by atoms with E-state index in [-0.39, 0.29) is 13.4 Å². The number of allylic oxidation sites excluding steroid dienone is 1. The molecule has 2 aliphatic rings. The first-order chi connectivity index (χ1) is 19.5. The van der Waals surface area contributed by atoms with Crippen molar-refractivity contribution in [2.24, 2.45) is 0 Å². The summed E-state index contributed by atoms with van der Waals surface area (Å²) in [6, 6.07) is 21.2. The number of likely N-dealkylation sites (tertiary alicyclic amines) is 1. The van der Waals surface area contributed by atoms with Crippen LogP contribution in [0.25, 0.3) is 11.1 Å². The first-order valence-corrected chi connectivity index (χ1v) is 14.9. The van der Waals surface area contributed by atoms with Gasteiger partial charge in [-0.1, -0.05) is 43.7 Å². The number of nitrogens with zero attached hydrogens (tertiary/aromatic N) is 1. The maximum Gasteiger partial charge on any atom is 0.391 e. The van der Waals surface area contributed by atoms with Gasteiger partial charge in [0.05, 0.1) is 0 Å². The molecule has 9 heteroatoms. The molecule has 3 aromatic rings. The van der Waals surface area contributed by atoms with Gasteiger partial charge in [-0.25, -0.2) is 0 Å². The zero-order valence-corrected chi connectivity index (χ0v) is 23.6. The number of aliphatic hydroxyl groups excluding tert-OH is 1. The Labute approximate surface area is 236 Å². The third kappa shape index (κ3) is 7.14. The summed E-state index contributed by atoms with van der Waals surface area (Å²) in [5.74, 6) is 2.53. The SMILES string of the molecule is CCC(=C(c1ccc(OCC(O)CN2CCCCC2)cc1)c1ccc(OP(O)O)cc1)c1ccc2c(c1)OCO2. The summed E-state index contributed by atoms with van der Waals surface area (Å²) in [7, 11) is -2.49. The molecule has 0 saturated carbocycles. The second-order valence-electron chi connectivity index (χ2n) is 9.99. The van der Waals surface area contributed by atoms with E-state index in [1.165, 1.54) is 19.3 Å². The van der Waals surface area contributed by atoms with Crippen molar-refractivity contribution in [3.8, 4) is 23.0 Å². The van der Waals surface area contributed by atoms with E-state index in [0.29, 0.717) is 18.0 Å². The van der Waals surface area contributed by atoms with Crippen molar-refractivity contribution in [2.45, 2.75) is 38.7 Å². The molecule has 3 N–H and O–H groups in total. The molecule has 0 spiro atoms. The summed E-state index contributed by atoms with van der Waals surface area (Å²) in [4.78, 5) is 20.8. The van der Waals surface area contributed by atoms with E-state index in [4.69, 9.17) is 18.7 Å². The van der Waals surface area contributed by atoms with Crippen LogP contribution in [-0.4, -0.2) is 58.9 Å². The third-order valence-electron chi connectivity index (χ3n) is 7.21. The van der Waals surface area contributed by atoms with Crippen molar-refractivity contribution in [3.63, 3.8) is 0 Å². The molecule has 212 valence electrons. The van der Waals surface area contributed by atoms with Crippen molar-refractivity contribution in [3.05, 3.63) is 83.4 Å². The lowest BCUT2D eigenvalue weighted by Gasteiger charge is -2.28. The maximum atomic E-state index is 10.5. The normalized spacial score (nSPS) is 16.5. The van der Waals surface area contributed by atoms with E-state index in [2.05, 4.69) is 11.8 Å². The van der Waals surface area contributed by atoms with Crippen LogP contribution in [0.1, 0.15) is 49.3 Å². The molecule has 0 amide bonds. The number of fused-ring (bicyclic) bond motifs is 1. The van der Waals surface area contributed by atoms with Gasteiger partial charge in [-0.15, -0.1) is 0 Å². The fourth-order valence-corrected chi connectivity index (χ4v) is 5.61. The average Bonchev–Trinajstić information content (AvgIpc) is 3.44. The van der Waals surface area contributed by atoms with Crippen LogP contribution in [0, 0.1) is 0 Å². The van der Waals surface area contributed by atoms with Gasteiger partial charge >= 0.3 is 8.60 Å². The zero-order valence-electron chi connectivity index (χ0n) is 22.7. The highest BCUT2D eigenvalue weighted by atomic mass is 31.2. The van der Waals surface area contributed by atoms with Gasteiger partial charge in [0.1, 0.15) is 24.2 Å². The third-order valence-corrected chi connectivity index (χ3v) is 7.58. The molecule has 2 aliphatic heterocycles. The van der Waals surface area contributed by atoms with Crippen LogP contribution in [0.15, 0.2) is 66.7 Å². The lowest BCUT2D eigenvalue weighted by atomic mass is 9.88. The standard InChI is InChI=1S/C31H36NO7P/c1-2-28(24-10-15-29-30(18-24)38-21-37-29)31(23-8-13-27(14-9-23)39-40(34)35)22-6-11-26(12-7-22)36-20-25(33)19-32-16-4-3-5-17-32/h6-15,18,25,33-35H,2-5,16-17,19-21H2,1H3. The Morgan fingerprint density at radius 1 is 0.850 bits per heavy atom. The summed E-state index contributed by atoms with van der Waals surface area (Å²) in [5, 5.41) is 10.5. The van der Waals surface area contributed by atoms with Crippen molar-refractivity contribution in [1.29, 1.82) is 0 Å². The number of hydrogen-bond donors (Lipinski definition) is 3. The minimum Gasteiger partial charge on any atom is -0.491 e. The van der Waals surface area contributed by atoms with Crippen LogP contribution in [0.4, 0.5) is 0 Å². The average molecular weight is 566 g/mol. The summed E-state index contributed by atoms with van der Waals surface area (Å²) in [6.45, 7) is 5.29. The predicted octanol–water partition coefficient (Wildman–Crippen LogP) is 5.60. The number of piperidine rings is 1. The first kappa shape index (κ1) is 28.4. The Morgan fingerprint density at radius 3 is 2.12 bits per heavy atom. The molecule has 0 radical (unpaired) electrons. The lowest BCUT2D eigenvalue weighted by molar-refractivity contribution is 0.0617. The molecule has 40 heavy (non-hydrogen) atoms. The second kappa shape index (κ2) is 13.5. The van der Waals surface area contributed by atoms with E-state index >= 15 is 0 Å². The van der Waals surface area contributed by atoms with Gasteiger partial charge in [-0.05, 0) is 96.6 Å². The zero-order chi connectivity index (χ0) is 27.9. The Morgan fingerprint density at radius 2 is 1.48 bits per heavy atom. The molecule has 1 atom stereocenters. The number of hydrogen-bond acceptors (Lipinski definition) is 8. The van der Waals surface area contributed by atoms with E-state index in [0.717, 1.165) is 58.8 Å². The van der Waals surface area contributed by atoms with Crippen LogP contribution < -0.4 is 18.7 Å². The van der Waals surface area contributed by atoms with E-state index in [9.17, 15) is 14.9 Å². The quantitative estimate of drug-likeness (QED) is 0.204. The summed E-state index contributed by atoms with van der Waals surface area (Å²) >= 11 is 0. The Balaban J connectivity index is 1.41. The highest BCUT2D eigenvalue weighted by Crippen LogP contribution is 2.40.